The van der Waals surface area contributed by atoms with E-state index in [2.05, 4.69) is 10.2 Å². The van der Waals surface area contributed by atoms with Crippen molar-refractivity contribution >= 4 is 34.6 Å². The van der Waals surface area contributed by atoms with Crippen molar-refractivity contribution in [1.29, 1.82) is 0 Å². The molecule has 1 saturated carbocycles. The molecule has 2 aromatic carbocycles. The Morgan fingerprint density at radius 1 is 1.08 bits per heavy atom. The Labute approximate surface area is 217 Å². The summed E-state index contributed by atoms with van der Waals surface area (Å²) in [6, 6.07) is 10.5. The van der Waals surface area contributed by atoms with Crippen LogP contribution < -0.4 is 10.2 Å². The molecule has 1 aliphatic heterocycles. The summed E-state index contributed by atoms with van der Waals surface area (Å²) in [6.07, 6.45) is -2.30. The van der Waals surface area contributed by atoms with Gasteiger partial charge in [-0.2, -0.15) is 13.2 Å². The number of ether oxygens (including phenoxy) is 1. The zero-order chi connectivity index (χ0) is 26.6. The van der Waals surface area contributed by atoms with Crippen LogP contribution in [0.2, 0.25) is 5.02 Å². The van der Waals surface area contributed by atoms with Gasteiger partial charge in [-0.05, 0) is 56.0 Å². The zero-order valence-corrected chi connectivity index (χ0v) is 20.8. The van der Waals surface area contributed by atoms with Crippen LogP contribution in [0.15, 0.2) is 42.5 Å². The number of nitro groups is 1. The number of piperazine rings is 1. The molecule has 1 amide bonds. The van der Waals surface area contributed by atoms with Gasteiger partial charge in [0.2, 0.25) is 5.91 Å². The summed E-state index contributed by atoms with van der Waals surface area (Å²) in [5, 5.41) is 14.7. The summed E-state index contributed by atoms with van der Waals surface area (Å²) in [5.74, 6) is -0.0587. The van der Waals surface area contributed by atoms with Gasteiger partial charge in [0, 0.05) is 54.7 Å². The van der Waals surface area contributed by atoms with Crippen molar-refractivity contribution in [3.8, 4) is 0 Å². The van der Waals surface area contributed by atoms with E-state index in [0.717, 1.165) is 17.8 Å². The van der Waals surface area contributed by atoms with Crippen molar-refractivity contribution in [1.82, 2.24) is 4.90 Å². The number of nitrogens with zero attached hydrogens (tertiary/aromatic N) is 3. The van der Waals surface area contributed by atoms with E-state index in [-0.39, 0.29) is 30.3 Å². The molecule has 0 atom stereocenters. The summed E-state index contributed by atoms with van der Waals surface area (Å²) in [7, 11) is 0. The maximum absolute atomic E-state index is 13.2. The van der Waals surface area contributed by atoms with Gasteiger partial charge < -0.3 is 19.9 Å². The molecule has 0 spiro atoms. The third-order valence-electron chi connectivity index (χ3n) is 6.79. The molecule has 1 saturated heterocycles. The summed E-state index contributed by atoms with van der Waals surface area (Å²) in [4.78, 5) is 26.5. The molecule has 2 fully saturated rings. The average Bonchev–Trinajstić information content (AvgIpc) is 2.87. The minimum Gasteiger partial charge on any atom is -0.382 e. The second-order valence-electron chi connectivity index (χ2n) is 9.26. The molecule has 0 radical (unpaired) electrons. The van der Waals surface area contributed by atoms with Gasteiger partial charge in [0.05, 0.1) is 11.0 Å². The minimum absolute atomic E-state index is 0.00276. The third-order valence-corrected chi connectivity index (χ3v) is 7.03. The molecule has 200 valence electrons. The first-order valence-corrected chi connectivity index (χ1v) is 12.5. The number of hydrogen-bond donors (Lipinski definition) is 1. The predicted molar refractivity (Wildman–Crippen MR) is 134 cm³/mol. The summed E-state index contributed by atoms with van der Waals surface area (Å²) in [6.45, 7) is 2.61. The lowest BCUT2D eigenvalue weighted by atomic mass is 9.92. The second-order valence-corrected chi connectivity index (χ2v) is 9.70. The lowest BCUT2D eigenvalue weighted by Gasteiger charge is -2.36. The van der Waals surface area contributed by atoms with Crippen molar-refractivity contribution in [2.45, 2.75) is 44.0 Å². The number of hydrogen-bond acceptors (Lipinski definition) is 6. The fraction of sp³-hybridized carbons (Fsp3) is 0.480. The van der Waals surface area contributed by atoms with Crippen molar-refractivity contribution in [3.05, 3.63) is 63.2 Å². The maximum atomic E-state index is 13.2. The molecule has 0 bridgehead atoms. The average molecular weight is 541 g/mol. The first kappa shape index (κ1) is 27.0. The Morgan fingerprint density at radius 2 is 1.78 bits per heavy atom. The number of nitro benzene ring substituents is 1. The van der Waals surface area contributed by atoms with Crippen LogP contribution in [0.3, 0.4) is 0 Å². The van der Waals surface area contributed by atoms with Crippen LogP contribution in [0.5, 0.6) is 0 Å². The van der Waals surface area contributed by atoms with Crippen LogP contribution in [-0.2, 0) is 15.7 Å². The van der Waals surface area contributed by atoms with E-state index >= 15 is 0 Å². The van der Waals surface area contributed by atoms with Crippen LogP contribution in [0, 0.1) is 10.1 Å². The molecule has 12 heteroatoms. The number of benzene rings is 2. The second kappa shape index (κ2) is 11.6. The van der Waals surface area contributed by atoms with Crippen molar-refractivity contribution in [2.75, 3.05) is 43.0 Å². The molecule has 2 aromatic rings. The first-order valence-electron chi connectivity index (χ1n) is 12.1. The third kappa shape index (κ3) is 7.04. The van der Waals surface area contributed by atoms with Crippen molar-refractivity contribution < 1.29 is 27.6 Å². The fourth-order valence-electron chi connectivity index (χ4n) is 4.79. The summed E-state index contributed by atoms with van der Waals surface area (Å²) < 4.78 is 45.5. The number of carbonyl (C=O) groups is 1. The van der Waals surface area contributed by atoms with E-state index in [9.17, 15) is 28.1 Å². The minimum atomic E-state index is -4.82. The van der Waals surface area contributed by atoms with Gasteiger partial charge in [-0.3, -0.25) is 14.9 Å². The number of rotatable bonds is 7. The molecule has 1 N–H and O–H groups in total. The summed E-state index contributed by atoms with van der Waals surface area (Å²) in [5.41, 5.74) is -1.02. The van der Waals surface area contributed by atoms with Gasteiger partial charge in [0.15, 0.2) is 0 Å². The lowest BCUT2D eigenvalue weighted by molar-refractivity contribution is -0.388. The Bertz CT molecular complexity index is 1120. The number of alkyl halides is 3. The van der Waals surface area contributed by atoms with Crippen LogP contribution >= 0.6 is 11.6 Å². The molecule has 37 heavy (non-hydrogen) atoms. The molecule has 0 unspecified atom stereocenters. The van der Waals surface area contributed by atoms with E-state index in [1.807, 2.05) is 24.3 Å². The molecular formula is C25H28ClF3N4O4. The van der Waals surface area contributed by atoms with Gasteiger partial charge in [-0.25, -0.2) is 0 Å². The van der Waals surface area contributed by atoms with Crippen molar-refractivity contribution in [2.24, 2.45) is 0 Å². The van der Waals surface area contributed by atoms with E-state index in [0.29, 0.717) is 56.9 Å². The number of anilines is 2. The zero-order valence-electron chi connectivity index (χ0n) is 20.0. The van der Waals surface area contributed by atoms with Crippen LogP contribution in [0.25, 0.3) is 0 Å². The monoisotopic (exact) mass is 540 g/mol. The number of nitrogens with one attached hydrogen (secondary N) is 1. The Morgan fingerprint density at radius 3 is 2.41 bits per heavy atom. The number of amides is 1. The summed E-state index contributed by atoms with van der Waals surface area (Å²) >= 11 is 6.07. The van der Waals surface area contributed by atoms with Gasteiger partial charge >= 0.3 is 6.18 Å². The highest BCUT2D eigenvalue weighted by Crippen LogP contribution is 2.38. The molecule has 8 nitrogen and oxygen atoms in total. The Hall–Kier alpha value is -3.05. The SMILES string of the molecule is O=C(CO[C@H]1CC[C@H](Nc2ccc([N+](=O)[O-])c(C(F)(F)F)c2)CC1)N1CCN(c2cccc(Cl)c2)CC1. The van der Waals surface area contributed by atoms with Crippen LogP contribution in [-0.4, -0.2) is 60.7 Å². The largest absolute Gasteiger partial charge is 0.423 e. The number of halogens is 4. The fourth-order valence-corrected chi connectivity index (χ4v) is 4.97. The lowest BCUT2D eigenvalue weighted by Crippen LogP contribution is -2.50. The van der Waals surface area contributed by atoms with Gasteiger partial charge in [-0.1, -0.05) is 17.7 Å². The van der Waals surface area contributed by atoms with E-state index < -0.39 is 22.4 Å². The Balaban J connectivity index is 1.20. The molecule has 1 aliphatic carbocycles. The van der Waals surface area contributed by atoms with Gasteiger partial charge in [-0.15, -0.1) is 0 Å². The quantitative estimate of drug-likeness (QED) is 0.376. The van der Waals surface area contributed by atoms with Gasteiger partial charge in [0.1, 0.15) is 12.2 Å². The highest BCUT2D eigenvalue weighted by atomic mass is 35.5. The van der Waals surface area contributed by atoms with Crippen molar-refractivity contribution in [3.63, 3.8) is 0 Å². The topological polar surface area (TPSA) is 87.9 Å². The predicted octanol–water partition coefficient (Wildman–Crippen LogP) is 5.36. The molecular weight excluding hydrogens is 513 g/mol. The normalized spacial score (nSPS) is 20.5. The maximum Gasteiger partial charge on any atom is 0.423 e. The molecule has 0 aromatic heterocycles. The standard InChI is InChI=1S/C25H28ClF3N4O4/c26-17-2-1-3-20(14-17)31-10-12-32(13-11-31)24(34)16-37-21-7-4-18(5-8-21)30-19-6-9-23(33(35)36)22(15-19)25(27,28)29/h1-3,6,9,14-15,18,21,30H,4-5,7-8,10-13,16H2/t18-,21-. The van der Waals surface area contributed by atoms with E-state index in [1.54, 1.807) is 4.90 Å². The van der Waals surface area contributed by atoms with Crippen LogP contribution in [0.1, 0.15) is 31.2 Å². The molecule has 1 heterocycles. The smallest absolute Gasteiger partial charge is 0.382 e. The Kier molecular flexibility index (Phi) is 8.43. The van der Waals surface area contributed by atoms with Gasteiger partial charge in [0.25, 0.3) is 5.69 Å². The molecule has 2 aliphatic rings. The number of carbonyl (C=O) groups excluding carboxylic acids is 1. The first-order chi connectivity index (χ1) is 17.6. The van der Waals surface area contributed by atoms with E-state index in [4.69, 9.17) is 16.3 Å². The highest BCUT2D eigenvalue weighted by Gasteiger charge is 2.38. The molecule has 4 rings (SSSR count). The highest BCUT2D eigenvalue weighted by molar-refractivity contribution is 6.30. The van der Waals surface area contributed by atoms with E-state index in [1.165, 1.54) is 6.07 Å². The van der Waals surface area contributed by atoms with Crippen LogP contribution in [0.4, 0.5) is 30.2 Å².